The number of azo groups is 1. The minimum Gasteiger partial charge on any atom is -0.184 e. The van der Waals surface area contributed by atoms with Crippen molar-refractivity contribution in [3.63, 3.8) is 0 Å². The van der Waals surface area contributed by atoms with Gasteiger partial charge in [-0.05, 0) is 59.0 Å². The fourth-order valence-corrected chi connectivity index (χ4v) is 4.00. The summed E-state index contributed by atoms with van der Waals surface area (Å²) in [5.74, 6) is 0.441. The molecule has 0 N–H and O–H groups in total. The summed E-state index contributed by atoms with van der Waals surface area (Å²) in [5.41, 5.74) is 7.66. The summed E-state index contributed by atoms with van der Waals surface area (Å²) in [6, 6.07) is 23.0. The van der Waals surface area contributed by atoms with Crippen LogP contribution < -0.4 is 0 Å². The largest absolute Gasteiger partial charge is 0.184 e. The van der Waals surface area contributed by atoms with Gasteiger partial charge in [-0.25, -0.2) is 0 Å². The number of fused-ring (bicyclic) bond motifs is 1. The predicted molar refractivity (Wildman–Crippen MR) is 114 cm³/mol. The molecule has 3 aromatic rings. The lowest BCUT2D eigenvalue weighted by molar-refractivity contribution is 0.893. The van der Waals surface area contributed by atoms with Crippen molar-refractivity contribution in [2.75, 3.05) is 0 Å². The standard InChI is InChI=1S/C25H24N2/c1-17-15-18(2)25(19(17)3)23-14-13-20-9-7-8-12-22(20)24(23)16-26-27-21-10-5-4-6-11-21/h4-15,19H,16H2,1-3H3. The van der Waals surface area contributed by atoms with Gasteiger partial charge in [-0.3, -0.25) is 0 Å². The van der Waals surface area contributed by atoms with Gasteiger partial charge in [-0.15, -0.1) is 0 Å². The van der Waals surface area contributed by atoms with Crippen molar-refractivity contribution in [2.45, 2.75) is 27.3 Å². The molecule has 1 unspecified atom stereocenters. The van der Waals surface area contributed by atoms with E-state index in [2.05, 4.69) is 73.5 Å². The van der Waals surface area contributed by atoms with Gasteiger partial charge in [-0.2, -0.15) is 10.2 Å². The number of nitrogens with zero attached hydrogens (tertiary/aromatic N) is 2. The van der Waals surface area contributed by atoms with Crippen molar-refractivity contribution in [3.8, 4) is 0 Å². The third-order valence-electron chi connectivity index (χ3n) is 5.49. The summed E-state index contributed by atoms with van der Waals surface area (Å²) in [6.45, 7) is 7.31. The average Bonchev–Trinajstić information content (AvgIpc) is 2.94. The maximum Gasteiger partial charge on any atom is 0.0865 e. The Labute approximate surface area is 161 Å². The first-order valence-electron chi connectivity index (χ1n) is 9.47. The SMILES string of the molecule is CC1=CC(C)=C(c2ccc3ccccc3c2CN=Nc2ccccc2)C1C. The van der Waals surface area contributed by atoms with E-state index in [4.69, 9.17) is 0 Å². The molecule has 0 amide bonds. The van der Waals surface area contributed by atoms with Crippen LogP contribution in [0.1, 0.15) is 31.9 Å². The van der Waals surface area contributed by atoms with Gasteiger partial charge in [0.2, 0.25) is 0 Å². The molecule has 0 heterocycles. The second-order valence-corrected chi connectivity index (χ2v) is 7.25. The van der Waals surface area contributed by atoms with Crippen molar-refractivity contribution in [2.24, 2.45) is 16.1 Å². The topological polar surface area (TPSA) is 24.7 Å². The lowest BCUT2D eigenvalue weighted by Gasteiger charge is -2.18. The van der Waals surface area contributed by atoms with E-state index in [0.717, 1.165) is 5.69 Å². The summed E-state index contributed by atoms with van der Waals surface area (Å²) in [7, 11) is 0. The Bertz CT molecular complexity index is 1070. The molecule has 1 atom stereocenters. The summed E-state index contributed by atoms with van der Waals surface area (Å²) >= 11 is 0. The van der Waals surface area contributed by atoms with E-state index >= 15 is 0 Å². The molecule has 0 saturated carbocycles. The van der Waals surface area contributed by atoms with Crippen LogP contribution in [0.4, 0.5) is 5.69 Å². The Kier molecular flexibility index (Phi) is 4.72. The van der Waals surface area contributed by atoms with Crippen molar-refractivity contribution < 1.29 is 0 Å². The number of benzene rings is 3. The highest BCUT2D eigenvalue weighted by molar-refractivity contribution is 5.92. The maximum absolute atomic E-state index is 4.55. The van der Waals surface area contributed by atoms with Gasteiger partial charge < -0.3 is 0 Å². The number of allylic oxidation sites excluding steroid dienone is 4. The monoisotopic (exact) mass is 352 g/mol. The van der Waals surface area contributed by atoms with Gasteiger partial charge in [0.05, 0.1) is 12.2 Å². The molecule has 0 fully saturated rings. The lowest BCUT2D eigenvalue weighted by Crippen LogP contribution is -2.01. The van der Waals surface area contributed by atoms with E-state index in [-0.39, 0.29) is 0 Å². The minimum absolute atomic E-state index is 0.441. The Morgan fingerprint density at radius 1 is 0.852 bits per heavy atom. The van der Waals surface area contributed by atoms with Crippen molar-refractivity contribution in [1.29, 1.82) is 0 Å². The fourth-order valence-electron chi connectivity index (χ4n) is 4.00. The van der Waals surface area contributed by atoms with Gasteiger partial charge >= 0.3 is 0 Å². The predicted octanol–water partition coefficient (Wildman–Crippen LogP) is 7.49. The van der Waals surface area contributed by atoms with Gasteiger partial charge in [0.25, 0.3) is 0 Å². The van der Waals surface area contributed by atoms with Gasteiger partial charge in [0, 0.05) is 5.92 Å². The Morgan fingerprint density at radius 2 is 1.59 bits per heavy atom. The van der Waals surface area contributed by atoms with E-state index in [0.29, 0.717) is 12.5 Å². The van der Waals surface area contributed by atoms with Crippen LogP contribution in [0.2, 0.25) is 0 Å². The molecule has 0 spiro atoms. The maximum atomic E-state index is 4.55. The smallest absolute Gasteiger partial charge is 0.0865 e. The molecule has 0 bridgehead atoms. The summed E-state index contributed by atoms with van der Waals surface area (Å²) in [4.78, 5) is 0. The van der Waals surface area contributed by atoms with E-state index in [9.17, 15) is 0 Å². The van der Waals surface area contributed by atoms with Gasteiger partial charge in [0.15, 0.2) is 0 Å². The molecular formula is C25H24N2. The van der Waals surface area contributed by atoms with Crippen molar-refractivity contribution >= 4 is 22.0 Å². The number of hydrogen-bond acceptors (Lipinski definition) is 2. The first-order valence-corrected chi connectivity index (χ1v) is 9.47. The van der Waals surface area contributed by atoms with Gasteiger partial charge in [0.1, 0.15) is 0 Å². The van der Waals surface area contributed by atoms with Crippen molar-refractivity contribution in [1.82, 2.24) is 0 Å². The molecule has 0 saturated heterocycles. The van der Waals surface area contributed by atoms with E-state index in [1.165, 1.54) is 38.6 Å². The molecule has 0 aliphatic heterocycles. The van der Waals surface area contributed by atoms with Crippen LogP contribution in [0.15, 0.2) is 94.2 Å². The Morgan fingerprint density at radius 3 is 2.33 bits per heavy atom. The molecule has 27 heavy (non-hydrogen) atoms. The minimum atomic E-state index is 0.441. The zero-order valence-corrected chi connectivity index (χ0v) is 16.1. The molecule has 2 heteroatoms. The normalized spacial score (nSPS) is 17.1. The molecule has 1 aliphatic rings. The van der Waals surface area contributed by atoms with Crippen LogP contribution in [-0.2, 0) is 6.54 Å². The quantitative estimate of drug-likeness (QED) is 0.434. The molecule has 134 valence electrons. The van der Waals surface area contributed by atoms with Crippen LogP contribution in [-0.4, -0.2) is 0 Å². The highest BCUT2D eigenvalue weighted by Crippen LogP contribution is 2.41. The number of hydrogen-bond donors (Lipinski definition) is 0. The highest BCUT2D eigenvalue weighted by atomic mass is 15.1. The summed E-state index contributed by atoms with van der Waals surface area (Å²) in [6.07, 6.45) is 2.31. The molecule has 3 aromatic carbocycles. The fraction of sp³-hybridized carbons (Fsp3) is 0.200. The summed E-state index contributed by atoms with van der Waals surface area (Å²) < 4.78 is 0. The highest BCUT2D eigenvalue weighted by Gasteiger charge is 2.23. The second-order valence-electron chi connectivity index (χ2n) is 7.25. The van der Waals surface area contributed by atoms with Gasteiger partial charge in [-0.1, -0.05) is 73.2 Å². The van der Waals surface area contributed by atoms with E-state index in [1.807, 2.05) is 30.3 Å². The van der Waals surface area contributed by atoms with Crippen molar-refractivity contribution in [3.05, 3.63) is 95.1 Å². The molecule has 4 rings (SSSR count). The first-order chi connectivity index (χ1) is 13.1. The second kappa shape index (κ2) is 7.32. The molecule has 1 aliphatic carbocycles. The zero-order chi connectivity index (χ0) is 18.8. The van der Waals surface area contributed by atoms with E-state index in [1.54, 1.807) is 0 Å². The summed E-state index contributed by atoms with van der Waals surface area (Å²) in [5, 5.41) is 11.5. The van der Waals surface area contributed by atoms with Crippen LogP contribution in [0.5, 0.6) is 0 Å². The van der Waals surface area contributed by atoms with Crippen LogP contribution in [0.25, 0.3) is 16.3 Å². The molecule has 0 radical (unpaired) electrons. The van der Waals surface area contributed by atoms with Crippen LogP contribution in [0, 0.1) is 5.92 Å². The van der Waals surface area contributed by atoms with E-state index < -0.39 is 0 Å². The number of rotatable bonds is 4. The average molecular weight is 352 g/mol. The lowest BCUT2D eigenvalue weighted by atomic mass is 9.86. The third kappa shape index (κ3) is 3.35. The molecular weight excluding hydrogens is 328 g/mol. The molecule has 0 aromatic heterocycles. The Hall–Kier alpha value is -3.00. The van der Waals surface area contributed by atoms with Crippen LogP contribution >= 0.6 is 0 Å². The van der Waals surface area contributed by atoms with Crippen LogP contribution in [0.3, 0.4) is 0 Å². The third-order valence-corrected chi connectivity index (χ3v) is 5.49. The first kappa shape index (κ1) is 17.4. The zero-order valence-electron chi connectivity index (χ0n) is 16.1. The Balaban J connectivity index is 1.80. The molecule has 2 nitrogen and oxygen atoms in total.